The smallest absolute Gasteiger partial charge is 0.354 e. The number of aromatic carboxylic acids is 1. The van der Waals surface area contributed by atoms with E-state index < -0.39 is 22.4 Å². The molecule has 0 saturated heterocycles. The molecule has 0 aliphatic carbocycles. The molecule has 21 heavy (non-hydrogen) atoms. The summed E-state index contributed by atoms with van der Waals surface area (Å²) >= 11 is 0. The Labute approximate surface area is 117 Å². The van der Waals surface area contributed by atoms with E-state index in [-0.39, 0.29) is 17.5 Å². The molecule has 0 fully saturated rings. The number of aryl methyl sites for hydroxylation is 1. The fourth-order valence-electron chi connectivity index (χ4n) is 1.50. The van der Waals surface area contributed by atoms with E-state index in [2.05, 4.69) is 9.97 Å². The molecule has 0 amide bonds. The molecule has 1 heterocycles. The number of carboxylic acids is 1. The molecule has 1 aromatic heterocycles. The molecule has 0 spiro atoms. The molecule has 0 bridgehead atoms. The highest BCUT2D eigenvalue weighted by Gasteiger charge is 2.16. The number of nitrogens with zero attached hydrogens (tertiary/aromatic N) is 3. The molecule has 0 aliphatic heterocycles. The monoisotopic (exact) mass is 293 g/mol. The molecule has 8 nitrogen and oxygen atoms in total. The molecule has 0 atom stereocenters. The van der Waals surface area contributed by atoms with Gasteiger partial charge in [0.1, 0.15) is 5.75 Å². The van der Waals surface area contributed by atoms with Crippen LogP contribution in [0.4, 0.5) is 10.1 Å². The number of carbonyl (C=O) groups is 1. The van der Waals surface area contributed by atoms with E-state index in [0.29, 0.717) is 5.69 Å². The van der Waals surface area contributed by atoms with Crippen molar-refractivity contribution < 1.29 is 24.0 Å². The Balaban J connectivity index is 2.32. The van der Waals surface area contributed by atoms with Gasteiger partial charge in [-0.05, 0) is 19.1 Å². The second-order valence-electron chi connectivity index (χ2n) is 3.95. The summed E-state index contributed by atoms with van der Waals surface area (Å²) in [6.07, 6.45) is 0. The highest BCUT2D eigenvalue weighted by Crippen LogP contribution is 2.25. The van der Waals surface area contributed by atoms with Crippen LogP contribution in [0.15, 0.2) is 24.3 Å². The number of nitro groups is 1. The lowest BCUT2D eigenvalue weighted by atomic mass is 10.3. The van der Waals surface area contributed by atoms with Crippen LogP contribution in [0, 0.1) is 22.9 Å². The molecular weight excluding hydrogens is 285 g/mol. The van der Waals surface area contributed by atoms with Crippen molar-refractivity contribution in [2.75, 3.05) is 0 Å². The van der Waals surface area contributed by atoms with Gasteiger partial charge in [0.05, 0.1) is 4.92 Å². The summed E-state index contributed by atoms with van der Waals surface area (Å²) in [5.74, 6) is -2.43. The van der Waals surface area contributed by atoms with Gasteiger partial charge in [0.15, 0.2) is 5.69 Å². The quantitative estimate of drug-likeness (QED) is 0.679. The third kappa shape index (κ3) is 3.26. The topological polar surface area (TPSA) is 115 Å². The van der Waals surface area contributed by atoms with E-state index in [1.807, 2.05) is 0 Å². The van der Waals surface area contributed by atoms with Crippen LogP contribution in [0.1, 0.15) is 16.2 Å². The van der Waals surface area contributed by atoms with Crippen molar-refractivity contribution in [2.45, 2.75) is 6.92 Å². The van der Waals surface area contributed by atoms with Gasteiger partial charge >= 0.3 is 17.7 Å². The van der Waals surface area contributed by atoms with Gasteiger partial charge in [0.25, 0.3) is 0 Å². The maximum absolute atomic E-state index is 13.4. The van der Waals surface area contributed by atoms with Gasteiger partial charge in [-0.1, -0.05) is 0 Å². The maximum atomic E-state index is 13.4. The number of ether oxygens (including phenoxy) is 1. The molecule has 2 rings (SSSR count). The Bertz CT molecular complexity index is 735. The summed E-state index contributed by atoms with van der Waals surface area (Å²) in [4.78, 5) is 27.9. The fourth-order valence-corrected chi connectivity index (χ4v) is 1.50. The summed E-state index contributed by atoms with van der Waals surface area (Å²) in [7, 11) is 0. The van der Waals surface area contributed by atoms with Gasteiger partial charge in [0, 0.05) is 17.8 Å². The zero-order valence-corrected chi connectivity index (χ0v) is 10.6. The molecule has 0 aliphatic rings. The standard InChI is InChI=1S/C12H8FN3O5/c1-6-4-9(11(17)18)15-12(14-6)21-7-2-3-10(16(19)20)8(13)5-7/h2-5H,1H3,(H,17,18). The van der Waals surface area contributed by atoms with Gasteiger partial charge in [-0.2, -0.15) is 9.37 Å². The van der Waals surface area contributed by atoms with E-state index in [1.165, 1.54) is 13.0 Å². The van der Waals surface area contributed by atoms with Crippen LogP contribution in [-0.4, -0.2) is 26.0 Å². The van der Waals surface area contributed by atoms with Gasteiger partial charge in [-0.3, -0.25) is 10.1 Å². The second-order valence-corrected chi connectivity index (χ2v) is 3.95. The fraction of sp³-hybridized carbons (Fsp3) is 0.0833. The minimum absolute atomic E-state index is 0.0833. The third-order valence-corrected chi connectivity index (χ3v) is 2.38. The van der Waals surface area contributed by atoms with Crippen LogP contribution in [0.5, 0.6) is 11.8 Å². The lowest BCUT2D eigenvalue weighted by Gasteiger charge is -2.05. The van der Waals surface area contributed by atoms with Crippen molar-refractivity contribution >= 4 is 11.7 Å². The number of rotatable bonds is 4. The first kappa shape index (κ1) is 14.3. The molecule has 1 N–H and O–H groups in total. The minimum Gasteiger partial charge on any atom is -0.477 e. The van der Waals surface area contributed by atoms with Crippen molar-refractivity contribution in [3.63, 3.8) is 0 Å². The first-order valence-electron chi connectivity index (χ1n) is 5.57. The molecule has 2 aromatic rings. The molecule has 0 saturated carbocycles. The summed E-state index contributed by atoms with van der Waals surface area (Å²) in [6, 6.07) is 3.84. The number of aromatic nitrogens is 2. The average molecular weight is 293 g/mol. The highest BCUT2D eigenvalue weighted by molar-refractivity contribution is 5.85. The molecule has 1 aromatic carbocycles. The summed E-state index contributed by atoms with van der Waals surface area (Å²) in [6.45, 7) is 1.54. The van der Waals surface area contributed by atoms with Gasteiger partial charge in [-0.25, -0.2) is 9.78 Å². The van der Waals surface area contributed by atoms with E-state index in [1.54, 1.807) is 0 Å². The normalized spacial score (nSPS) is 10.2. The highest BCUT2D eigenvalue weighted by atomic mass is 19.1. The van der Waals surface area contributed by atoms with E-state index in [0.717, 1.165) is 18.2 Å². The number of carboxylic acid groups (broad SMARTS) is 1. The summed E-state index contributed by atoms with van der Waals surface area (Å²) in [5.41, 5.74) is -0.626. The summed E-state index contributed by atoms with van der Waals surface area (Å²) < 4.78 is 18.6. The Morgan fingerprint density at radius 1 is 1.38 bits per heavy atom. The molecule has 0 radical (unpaired) electrons. The number of benzene rings is 1. The number of halogens is 1. The largest absolute Gasteiger partial charge is 0.477 e. The van der Waals surface area contributed by atoms with Crippen molar-refractivity contribution in [1.29, 1.82) is 0 Å². The zero-order valence-electron chi connectivity index (χ0n) is 10.6. The van der Waals surface area contributed by atoms with Crippen LogP contribution >= 0.6 is 0 Å². The summed E-state index contributed by atoms with van der Waals surface area (Å²) in [5, 5.41) is 19.4. The Kier molecular flexibility index (Phi) is 3.74. The van der Waals surface area contributed by atoms with Crippen LogP contribution in [-0.2, 0) is 0 Å². The average Bonchev–Trinajstić information content (AvgIpc) is 2.37. The van der Waals surface area contributed by atoms with Crippen LogP contribution in [0.3, 0.4) is 0 Å². The number of hydrogen-bond acceptors (Lipinski definition) is 6. The Hall–Kier alpha value is -3.10. The minimum atomic E-state index is -1.26. The van der Waals surface area contributed by atoms with Crippen LogP contribution < -0.4 is 4.74 Å². The first-order valence-corrected chi connectivity index (χ1v) is 5.57. The van der Waals surface area contributed by atoms with Crippen molar-refractivity contribution in [1.82, 2.24) is 9.97 Å². The molecular formula is C12H8FN3O5. The van der Waals surface area contributed by atoms with Crippen molar-refractivity contribution in [3.8, 4) is 11.8 Å². The first-order chi connectivity index (χ1) is 9.86. The third-order valence-electron chi connectivity index (χ3n) is 2.38. The second kappa shape index (κ2) is 5.49. The SMILES string of the molecule is Cc1cc(C(=O)O)nc(Oc2ccc([N+](=O)[O-])c(F)c2)n1. The molecule has 108 valence electrons. The van der Waals surface area contributed by atoms with E-state index in [9.17, 15) is 19.3 Å². The predicted molar refractivity (Wildman–Crippen MR) is 66.9 cm³/mol. The van der Waals surface area contributed by atoms with E-state index in [4.69, 9.17) is 9.84 Å². The zero-order chi connectivity index (χ0) is 15.6. The Morgan fingerprint density at radius 3 is 2.67 bits per heavy atom. The van der Waals surface area contributed by atoms with Crippen LogP contribution in [0.25, 0.3) is 0 Å². The van der Waals surface area contributed by atoms with Crippen molar-refractivity contribution in [3.05, 3.63) is 51.6 Å². The lowest BCUT2D eigenvalue weighted by Crippen LogP contribution is -2.04. The van der Waals surface area contributed by atoms with Crippen LogP contribution in [0.2, 0.25) is 0 Å². The predicted octanol–water partition coefficient (Wildman–Crippen LogP) is 2.32. The molecule has 0 unspecified atom stereocenters. The van der Waals surface area contributed by atoms with Gasteiger partial charge in [-0.15, -0.1) is 0 Å². The maximum Gasteiger partial charge on any atom is 0.354 e. The number of hydrogen-bond donors (Lipinski definition) is 1. The number of nitro benzene ring substituents is 1. The molecule has 9 heteroatoms. The Morgan fingerprint density at radius 2 is 2.10 bits per heavy atom. The van der Waals surface area contributed by atoms with Gasteiger partial charge in [0.2, 0.25) is 5.82 Å². The van der Waals surface area contributed by atoms with Crippen molar-refractivity contribution in [2.24, 2.45) is 0 Å². The van der Waals surface area contributed by atoms with E-state index >= 15 is 0 Å². The van der Waals surface area contributed by atoms with Gasteiger partial charge < -0.3 is 9.84 Å². The lowest BCUT2D eigenvalue weighted by molar-refractivity contribution is -0.387.